The third kappa shape index (κ3) is 5.59. The molecule has 4 nitrogen and oxygen atoms in total. The minimum Gasteiger partial charge on any atom is -0.350 e. The SMILES string of the molecule is CCCN(CC(=O)NC(C)(C)C)C1(CN)CCCC(C)C1. The molecule has 0 radical (unpaired) electrons. The molecule has 3 N–H and O–H groups in total. The zero-order valence-corrected chi connectivity index (χ0v) is 14.7. The van der Waals surface area contributed by atoms with E-state index >= 15 is 0 Å². The molecule has 0 aliphatic heterocycles. The maximum atomic E-state index is 12.3. The summed E-state index contributed by atoms with van der Waals surface area (Å²) >= 11 is 0. The zero-order valence-electron chi connectivity index (χ0n) is 14.7. The first-order valence-corrected chi connectivity index (χ1v) is 8.48. The van der Waals surface area contributed by atoms with Crippen molar-refractivity contribution in [3.8, 4) is 0 Å². The highest BCUT2D eigenvalue weighted by molar-refractivity contribution is 5.78. The maximum absolute atomic E-state index is 12.3. The van der Waals surface area contributed by atoms with Crippen LogP contribution in [0.25, 0.3) is 0 Å². The molecule has 1 fully saturated rings. The second kappa shape index (κ2) is 7.59. The van der Waals surface area contributed by atoms with Gasteiger partial charge in [-0.05, 0) is 52.5 Å². The summed E-state index contributed by atoms with van der Waals surface area (Å²) in [5.41, 5.74) is 6.00. The topological polar surface area (TPSA) is 58.4 Å². The van der Waals surface area contributed by atoms with Crippen molar-refractivity contribution in [1.82, 2.24) is 10.2 Å². The number of rotatable bonds is 6. The van der Waals surface area contributed by atoms with E-state index < -0.39 is 0 Å². The van der Waals surface area contributed by atoms with E-state index in [1.807, 2.05) is 20.8 Å². The van der Waals surface area contributed by atoms with Crippen LogP contribution in [0.4, 0.5) is 0 Å². The average molecular weight is 297 g/mol. The number of nitrogens with one attached hydrogen (secondary N) is 1. The summed E-state index contributed by atoms with van der Waals surface area (Å²) in [5.74, 6) is 0.814. The Bertz CT molecular complexity index is 337. The fraction of sp³-hybridized carbons (Fsp3) is 0.941. The summed E-state index contributed by atoms with van der Waals surface area (Å²) in [6, 6.07) is 0. The number of hydrogen-bond donors (Lipinski definition) is 2. The van der Waals surface area contributed by atoms with Crippen molar-refractivity contribution < 1.29 is 4.79 Å². The molecule has 1 saturated carbocycles. The van der Waals surface area contributed by atoms with E-state index in [4.69, 9.17) is 5.73 Å². The average Bonchev–Trinajstić information content (AvgIpc) is 2.36. The van der Waals surface area contributed by atoms with Gasteiger partial charge in [0, 0.05) is 17.6 Å². The Balaban J connectivity index is 2.80. The van der Waals surface area contributed by atoms with Crippen LogP contribution in [0.3, 0.4) is 0 Å². The number of amides is 1. The highest BCUT2D eigenvalue weighted by Gasteiger charge is 2.39. The lowest BCUT2D eigenvalue weighted by Gasteiger charge is -2.47. The van der Waals surface area contributed by atoms with E-state index in [2.05, 4.69) is 24.1 Å². The highest BCUT2D eigenvalue weighted by atomic mass is 16.2. The monoisotopic (exact) mass is 297 g/mol. The minimum atomic E-state index is -0.176. The van der Waals surface area contributed by atoms with Gasteiger partial charge >= 0.3 is 0 Å². The molecule has 1 aliphatic carbocycles. The first-order chi connectivity index (χ1) is 9.72. The zero-order chi connectivity index (χ0) is 16.1. The van der Waals surface area contributed by atoms with Gasteiger partial charge in [0.25, 0.3) is 0 Å². The summed E-state index contributed by atoms with van der Waals surface area (Å²) in [7, 11) is 0. The number of hydrogen-bond acceptors (Lipinski definition) is 3. The normalized spacial score (nSPS) is 26.9. The molecule has 1 rings (SSSR count). The molecule has 2 atom stereocenters. The van der Waals surface area contributed by atoms with Gasteiger partial charge in [0.2, 0.25) is 5.91 Å². The Hall–Kier alpha value is -0.610. The first kappa shape index (κ1) is 18.4. The molecule has 2 unspecified atom stereocenters. The van der Waals surface area contributed by atoms with Gasteiger partial charge in [-0.25, -0.2) is 0 Å². The van der Waals surface area contributed by atoms with Gasteiger partial charge in [-0.15, -0.1) is 0 Å². The minimum absolute atomic E-state index is 0.0168. The number of carbonyl (C=O) groups is 1. The van der Waals surface area contributed by atoms with Crippen molar-refractivity contribution in [2.75, 3.05) is 19.6 Å². The Morgan fingerprint density at radius 1 is 1.43 bits per heavy atom. The lowest BCUT2D eigenvalue weighted by Crippen LogP contribution is -2.59. The predicted molar refractivity (Wildman–Crippen MR) is 89.2 cm³/mol. The van der Waals surface area contributed by atoms with Crippen molar-refractivity contribution in [1.29, 1.82) is 0 Å². The number of nitrogens with two attached hydrogens (primary N) is 1. The lowest BCUT2D eigenvalue weighted by atomic mass is 9.75. The van der Waals surface area contributed by atoms with Crippen molar-refractivity contribution in [3.63, 3.8) is 0 Å². The molecule has 21 heavy (non-hydrogen) atoms. The van der Waals surface area contributed by atoms with Gasteiger partial charge in [0.1, 0.15) is 0 Å². The van der Waals surface area contributed by atoms with Crippen LogP contribution in [-0.4, -0.2) is 41.5 Å². The van der Waals surface area contributed by atoms with Gasteiger partial charge < -0.3 is 11.1 Å². The van der Waals surface area contributed by atoms with Crippen LogP contribution in [0.15, 0.2) is 0 Å². The van der Waals surface area contributed by atoms with Crippen molar-refractivity contribution in [3.05, 3.63) is 0 Å². The number of carbonyl (C=O) groups excluding carboxylic acids is 1. The van der Waals surface area contributed by atoms with Crippen LogP contribution in [0.1, 0.15) is 66.7 Å². The molecule has 124 valence electrons. The molecule has 0 spiro atoms. The molecular formula is C17H35N3O. The van der Waals surface area contributed by atoms with E-state index in [-0.39, 0.29) is 17.0 Å². The first-order valence-electron chi connectivity index (χ1n) is 8.48. The van der Waals surface area contributed by atoms with Crippen LogP contribution >= 0.6 is 0 Å². The van der Waals surface area contributed by atoms with E-state index in [0.717, 1.165) is 25.8 Å². The van der Waals surface area contributed by atoms with Gasteiger partial charge in [-0.3, -0.25) is 9.69 Å². The molecule has 0 heterocycles. The van der Waals surface area contributed by atoms with Gasteiger partial charge in [-0.1, -0.05) is 26.7 Å². The van der Waals surface area contributed by atoms with Crippen LogP contribution in [0, 0.1) is 5.92 Å². The van der Waals surface area contributed by atoms with Crippen molar-refractivity contribution in [2.45, 2.75) is 77.8 Å². The van der Waals surface area contributed by atoms with Gasteiger partial charge in [0.05, 0.1) is 6.54 Å². The van der Waals surface area contributed by atoms with Crippen LogP contribution < -0.4 is 11.1 Å². The molecule has 0 saturated heterocycles. The van der Waals surface area contributed by atoms with Crippen molar-refractivity contribution >= 4 is 5.91 Å². The Morgan fingerprint density at radius 2 is 2.10 bits per heavy atom. The molecule has 0 aromatic carbocycles. The predicted octanol–water partition coefficient (Wildman–Crippen LogP) is 2.52. The van der Waals surface area contributed by atoms with Crippen LogP contribution in [0.2, 0.25) is 0 Å². The highest BCUT2D eigenvalue weighted by Crippen LogP contribution is 2.36. The second-order valence-corrected chi connectivity index (χ2v) is 7.85. The van der Waals surface area contributed by atoms with Crippen LogP contribution in [0.5, 0.6) is 0 Å². The van der Waals surface area contributed by atoms with Crippen molar-refractivity contribution in [2.24, 2.45) is 11.7 Å². The summed E-state index contributed by atoms with van der Waals surface area (Å²) < 4.78 is 0. The summed E-state index contributed by atoms with van der Waals surface area (Å²) in [5, 5.41) is 3.08. The molecule has 0 bridgehead atoms. The van der Waals surface area contributed by atoms with E-state index in [9.17, 15) is 4.79 Å². The third-order valence-corrected chi connectivity index (χ3v) is 4.46. The fourth-order valence-corrected chi connectivity index (χ4v) is 3.62. The molecular weight excluding hydrogens is 262 g/mol. The summed E-state index contributed by atoms with van der Waals surface area (Å²) in [4.78, 5) is 14.7. The Morgan fingerprint density at radius 3 is 2.57 bits per heavy atom. The van der Waals surface area contributed by atoms with Crippen LogP contribution in [-0.2, 0) is 4.79 Å². The molecule has 0 aromatic rings. The molecule has 0 aromatic heterocycles. The number of nitrogens with zero attached hydrogens (tertiary/aromatic N) is 1. The van der Waals surface area contributed by atoms with Gasteiger partial charge in [0.15, 0.2) is 0 Å². The third-order valence-electron chi connectivity index (χ3n) is 4.46. The fourth-order valence-electron chi connectivity index (χ4n) is 3.62. The standard InChI is InChI=1S/C17H35N3O/c1-6-10-20(12-15(21)19-16(3,4)5)17(13-18)9-7-8-14(2)11-17/h14H,6-13,18H2,1-5H3,(H,19,21). The lowest BCUT2D eigenvalue weighted by molar-refractivity contribution is -0.126. The summed E-state index contributed by atoms with van der Waals surface area (Å²) in [6.45, 7) is 12.6. The van der Waals surface area contributed by atoms with Gasteiger partial charge in [-0.2, -0.15) is 0 Å². The molecule has 1 amide bonds. The Labute approximate surface area is 130 Å². The summed E-state index contributed by atoms with van der Waals surface area (Å²) in [6.07, 6.45) is 5.80. The van der Waals surface area contributed by atoms with E-state index in [1.54, 1.807) is 0 Å². The molecule has 1 aliphatic rings. The maximum Gasteiger partial charge on any atom is 0.234 e. The van der Waals surface area contributed by atoms with E-state index in [0.29, 0.717) is 19.0 Å². The second-order valence-electron chi connectivity index (χ2n) is 7.85. The molecule has 4 heteroatoms. The largest absolute Gasteiger partial charge is 0.350 e. The quantitative estimate of drug-likeness (QED) is 0.792. The van der Waals surface area contributed by atoms with E-state index in [1.165, 1.54) is 12.8 Å². The smallest absolute Gasteiger partial charge is 0.234 e. The Kier molecular flexibility index (Phi) is 6.67.